The molecule has 3 aromatic carbocycles. The summed E-state index contributed by atoms with van der Waals surface area (Å²) in [4.78, 5) is 21.3. The molecule has 0 aliphatic heterocycles. The highest BCUT2D eigenvalue weighted by molar-refractivity contribution is 14.1. The van der Waals surface area contributed by atoms with Crippen LogP contribution in [0.15, 0.2) is 60.7 Å². The van der Waals surface area contributed by atoms with E-state index in [-0.39, 0.29) is 17.9 Å². The molecule has 0 radical (unpaired) electrons. The molecule has 0 saturated carbocycles. The lowest BCUT2D eigenvalue weighted by Crippen LogP contribution is -2.00. The topological polar surface area (TPSA) is 113 Å². The first kappa shape index (κ1) is 23.7. The molecule has 0 heterocycles. The number of nitriles is 1. The molecule has 0 aliphatic carbocycles. The minimum atomic E-state index is -1.02. The quantitative estimate of drug-likeness (QED) is 0.108. The lowest BCUT2D eigenvalue weighted by Gasteiger charge is -2.12. The largest absolute Gasteiger partial charge is 0.487 e. The van der Waals surface area contributed by atoms with Gasteiger partial charge in [0, 0.05) is 12.1 Å². The molecule has 0 aliphatic rings. The molecule has 0 fully saturated rings. The molecule has 3 aromatic rings. The molecule has 32 heavy (non-hydrogen) atoms. The van der Waals surface area contributed by atoms with Gasteiger partial charge in [0.1, 0.15) is 12.4 Å². The van der Waals surface area contributed by atoms with Crippen LogP contribution in [-0.2, 0) is 6.61 Å². The predicted octanol–water partition coefficient (Wildman–Crippen LogP) is 6.15. The maximum atomic E-state index is 11.0. The fourth-order valence-corrected chi connectivity index (χ4v) is 4.94. The van der Waals surface area contributed by atoms with Gasteiger partial charge in [0.2, 0.25) is 0 Å². The van der Waals surface area contributed by atoms with Crippen LogP contribution >= 0.6 is 45.2 Å². The summed E-state index contributed by atoms with van der Waals surface area (Å²) in [5, 5.41) is 29.4. The first-order chi connectivity index (χ1) is 15.3. The smallest absolute Gasteiger partial charge is 0.335 e. The van der Waals surface area contributed by atoms with Crippen LogP contribution in [0.25, 0.3) is 11.6 Å². The molecule has 0 saturated heterocycles. The number of non-ortho nitro benzene ring substituents is 1. The molecular formula is C23H14I2N2O5. The van der Waals surface area contributed by atoms with Gasteiger partial charge < -0.3 is 9.84 Å². The van der Waals surface area contributed by atoms with E-state index in [1.807, 2.05) is 12.1 Å². The van der Waals surface area contributed by atoms with Gasteiger partial charge in [-0.05, 0) is 104 Å². The lowest BCUT2D eigenvalue weighted by atomic mass is 10.0. The van der Waals surface area contributed by atoms with Crippen molar-refractivity contribution in [2.24, 2.45) is 0 Å². The number of ether oxygens (including phenoxy) is 1. The van der Waals surface area contributed by atoms with E-state index >= 15 is 0 Å². The van der Waals surface area contributed by atoms with Crippen LogP contribution < -0.4 is 4.74 Å². The molecule has 3 rings (SSSR count). The number of hydrogen-bond acceptors (Lipinski definition) is 5. The number of carboxylic acid groups (broad SMARTS) is 1. The Morgan fingerprint density at radius 1 is 1.06 bits per heavy atom. The third kappa shape index (κ3) is 5.83. The highest BCUT2D eigenvalue weighted by atomic mass is 127. The van der Waals surface area contributed by atoms with Crippen molar-refractivity contribution in [1.82, 2.24) is 0 Å². The van der Waals surface area contributed by atoms with Gasteiger partial charge in [-0.3, -0.25) is 10.1 Å². The third-order valence-electron chi connectivity index (χ3n) is 4.43. The fourth-order valence-electron chi connectivity index (χ4n) is 2.81. The Labute approximate surface area is 210 Å². The fraction of sp³-hybridized carbons (Fsp3) is 0.0435. The lowest BCUT2D eigenvalue weighted by molar-refractivity contribution is -0.384. The molecule has 0 unspecified atom stereocenters. The van der Waals surface area contributed by atoms with Crippen molar-refractivity contribution in [3.05, 3.63) is 100 Å². The second kappa shape index (κ2) is 10.6. The summed E-state index contributed by atoms with van der Waals surface area (Å²) < 4.78 is 7.63. The van der Waals surface area contributed by atoms with Gasteiger partial charge in [0.15, 0.2) is 0 Å². The predicted molar refractivity (Wildman–Crippen MR) is 136 cm³/mol. The van der Waals surface area contributed by atoms with Gasteiger partial charge >= 0.3 is 5.97 Å². The van der Waals surface area contributed by atoms with Crippen LogP contribution in [0.4, 0.5) is 5.69 Å². The first-order valence-corrected chi connectivity index (χ1v) is 11.2. The van der Waals surface area contributed by atoms with Gasteiger partial charge in [-0.25, -0.2) is 4.79 Å². The number of nitrogens with zero attached hydrogens (tertiary/aromatic N) is 2. The normalized spacial score (nSPS) is 11.0. The highest BCUT2D eigenvalue weighted by Crippen LogP contribution is 2.31. The summed E-state index contributed by atoms with van der Waals surface area (Å²) in [5.41, 5.74) is 2.84. The van der Waals surface area contributed by atoms with E-state index in [1.165, 1.54) is 24.3 Å². The van der Waals surface area contributed by atoms with Crippen molar-refractivity contribution in [2.45, 2.75) is 6.61 Å². The number of halogens is 2. The van der Waals surface area contributed by atoms with E-state index in [9.17, 15) is 20.2 Å². The minimum Gasteiger partial charge on any atom is -0.487 e. The summed E-state index contributed by atoms with van der Waals surface area (Å²) in [6.45, 7) is 0.262. The minimum absolute atomic E-state index is 0.0277. The van der Waals surface area contributed by atoms with Crippen molar-refractivity contribution in [3.8, 4) is 11.8 Å². The summed E-state index contributed by atoms with van der Waals surface area (Å²) in [5.74, 6) is -0.335. The number of nitro benzene ring substituents is 1. The average molecular weight is 652 g/mol. The summed E-state index contributed by atoms with van der Waals surface area (Å²) in [6, 6.07) is 18.3. The Kier molecular flexibility index (Phi) is 7.81. The molecule has 0 aromatic heterocycles. The second-order valence-corrected chi connectivity index (χ2v) is 8.90. The van der Waals surface area contributed by atoms with Gasteiger partial charge in [0.05, 0.1) is 29.3 Å². The van der Waals surface area contributed by atoms with E-state index in [4.69, 9.17) is 9.84 Å². The van der Waals surface area contributed by atoms with Gasteiger partial charge in [0.25, 0.3) is 5.69 Å². The molecule has 0 bridgehead atoms. The Morgan fingerprint density at radius 2 is 1.62 bits per heavy atom. The van der Waals surface area contributed by atoms with Crippen molar-refractivity contribution in [1.29, 1.82) is 5.26 Å². The molecule has 0 atom stereocenters. The van der Waals surface area contributed by atoms with Crippen molar-refractivity contribution in [3.63, 3.8) is 0 Å². The highest BCUT2D eigenvalue weighted by Gasteiger charge is 2.11. The first-order valence-electron chi connectivity index (χ1n) is 9.09. The Morgan fingerprint density at radius 3 is 2.12 bits per heavy atom. The molecule has 0 amide bonds. The molecule has 160 valence electrons. The van der Waals surface area contributed by atoms with E-state index in [2.05, 4.69) is 51.3 Å². The van der Waals surface area contributed by atoms with Gasteiger partial charge in [-0.2, -0.15) is 5.26 Å². The molecule has 9 heteroatoms. The number of nitro groups is 1. The van der Waals surface area contributed by atoms with Gasteiger partial charge in [-0.15, -0.1) is 0 Å². The zero-order valence-electron chi connectivity index (χ0n) is 16.3. The molecule has 0 spiro atoms. The summed E-state index contributed by atoms with van der Waals surface area (Å²) in [7, 11) is 0. The number of allylic oxidation sites excluding steroid dienone is 1. The summed E-state index contributed by atoms with van der Waals surface area (Å²) in [6.07, 6.45) is 1.74. The van der Waals surface area contributed by atoms with E-state index in [0.717, 1.165) is 18.3 Å². The SMILES string of the molecule is N#C/C(=C/c1cc(I)c(OCc2ccc([N+](=O)[O-])cc2)c(I)c1)c1ccc(C(=O)O)cc1. The monoisotopic (exact) mass is 652 g/mol. The standard InChI is InChI=1S/C23H14I2N2O5/c24-20-10-15(9-18(12-26)16-3-5-17(6-4-16)23(28)29)11-21(25)22(20)32-13-14-1-7-19(8-2-14)27(30)31/h1-11H,13H2,(H,28,29)/b18-9-. The maximum Gasteiger partial charge on any atom is 0.335 e. The van der Waals surface area contributed by atoms with Crippen LogP contribution in [0, 0.1) is 28.6 Å². The van der Waals surface area contributed by atoms with Crippen LogP contribution in [0.2, 0.25) is 0 Å². The van der Waals surface area contributed by atoms with Crippen molar-refractivity contribution >= 4 is 68.5 Å². The molecular weight excluding hydrogens is 638 g/mol. The van der Waals surface area contributed by atoms with Crippen LogP contribution in [-0.4, -0.2) is 16.0 Å². The number of benzene rings is 3. The Balaban J connectivity index is 1.80. The second-order valence-electron chi connectivity index (χ2n) is 6.58. The van der Waals surface area contributed by atoms with E-state index in [0.29, 0.717) is 16.9 Å². The van der Waals surface area contributed by atoms with Crippen molar-refractivity contribution < 1.29 is 19.6 Å². The Hall–Kier alpha value is -2.98. The number of rotatable bonds is 7. The van der Waals surface area contributed by atoms with E-state index < -0.39 is 10.9 Å². The van der Waals surface area contributed by atoms with Crippen LogP contribution in [0.3, 0.4) is 0 Å². The number of aromatic carboxylic acids is 1. The van der Waals surface area contributed by atoms with E-state index in [1.54, 1.807) is 30.3 Å². The number of hydrogen-bond donors (Lipinski definition) is 1. The van der Waals surface area contributed by atoms with Crippen LogP contribution in [0.5, 0.6) is 5.75 Å². The average Bonchev–Trinajstić information content (AvgIpc) is 2.77. The van der Waals surface area contributed by atoms with Crippen LogP contribution in [0.1, 0.15) is 27.0 Å². The third-order valence-corrected chi connectivity index (χ3v) is 6.03. The summed E-state index contributed by atoms with van der Waals surface area (Å²) >= 11 is 4.31. The van der Waals surface area contributed by atoms with Crippen molar-refractivity contribution in [2.75, 3.05) is 0 Å². The van der Waals surface area contributed by atoms with Gasteiger partial charge in [-0.1, -0.05) is 12.1 Å². The molecule has 7 nitrogen and oxygen atoms in total. The molecule has 1 N–H and O–H groups in total. The number of carbonyl (C=O) groups is 1. The zero-order valence-corrected chi connectivity index (χ0v) is 20.6. The maximum absolute atomic E-state index is 11.0. The Bertz CT molecular complexity index is 1220. The number of carboxylic acids is 1. The zero-order chi connectivity index (χ0) is 23.3.